The predicted octanol–water partition coefficient (Wildman–Crippen LogP) is 1.89. The van der Waals surface area contributed by atoms with Crippen LogP contribution in [0.3, 0.4) is 0 Å². The average molecular weight is 288 g/mol. The van der Waals surface area contributed by atoms with Crippen molar-refractivity contribution >= 4 is 5.91 Å². The van der Waals surface area contributed by atoms with Crippen molar-refractivity contribution in [1.29, 1.82) is 0 Å². The molecule has 6 heteroatoms. The smallest absolute Gasteiger partial charge is 0.259 e. The summed E-state index contributed by atoms with van der Waals surface area (Å²) in [6.07, 6.45) is 3.59. The summed E-state index contributed by atoms with van der Waals surface area (Å²) in [4.78, 5) is 14.1. The van der Waals surface area contributed by atoms with E-state index in [-0.39, 0.29) is 5.91 Å². The molecule has 0 saturated heterocycles. The highest BCUT2D eigenvalue weighted by Gasteiger charge is 2.24. The molecule has 0 aliphatic carbocycles. The molecule has 21 heavy (non-hydrogen) atoms. The largest absolute Gasteiger partial charge is 0.493 e. The molecule has 1 aliphatic rings. The first-order chi connectivity index (χ1) is 10.2. The van der Waals surface area contributed by atoms with E-state index < -0.39 is 0 Å². The molecule has 110 valence electrons. The lowest BCUT2D eigenvalue weighted by molar-refractivity contribution is 0.0733. The standard InChI is InChI=1S/C15H16N2O4/c1-19-13-5-10-3-4-17(8-11(10)6-14(13)20-2)15(18)12-7-16-21-9-12/h5-7,9H,3-4,8H2,1-2H3. The number of methoxy groups -OCH3 is 2. The molecule has 0 fully saturated rings. The first kappa shape index (κ1) is 13.5. The Bertz CT molecular complexity index is 652. The molecule has 0 radical (unpaired) electrons. The van der Waals surface area contributed by atoms with Gasteiger partial charge >= 0.3 is 0 Å². The van der Waals surface area contributed by atoms with Crippen LogP contribution in [-0.4, -0.2) is 36.7 Å². The molecule has 0 N–H and O–H groups in total. The van der Waals surface area contributed by atoms with Gasteiger partial charge in [-0.15, -0.1) is 0 Å². The molecule has 0 spiro atoms. The van der Waals surface area contributed by atoms with E-state index in [0.717, 1.165) is 17.7 Å². The third-order valence-corrected chi connectivity index (χ3v) is 3.68. The molecule has 6 nitrogen and oxygen atoms in total. The molecular formula is C15H16N2O4. The number of ether oxygens (including phenoxy) is 2. The minimum atomic E-state index is -0.0725. The normalized spacial score (nSPS) is 13.7. The third kappa shape index (κ3) is 2.44. The summed E-state index contributed by atoms with van der Waals surface area (Å²) in [7, 11) is 3.22. The Kier molecular flexibility index (Phi) is 3.51. The maximum atomic E-state index is 12.3. The number of rotatable bonds is 3. The number of carbonyl (C=O) groups is 1. The van der Waals surface area contributed by atoms with Crippen LogP contribution in [0.4, 0.5) is 0 Å². The third-order valence-electron chi connectivity index (χ3n) is 3.68. The highest BCUT2D eigenvalue weighted by atomic mass is 16.5. The Morgan fingerprint density at radius 1 is 1.24 bits per heavy atom. The summed E-state index contributed by atoms with van der Waals surface area (Å²) in [6.45, 7) is 1.20. The van der Waals surface area contributed by atoms with Crippen LogP contribution in [0, 0.1) is 0 Å². The summed E-state index contributed by atoms with van der Waals surface area (Å²) in [5, 5.41) is 3.57. The van der Waals surface area contributed by atoms with Crippen LogP contribution in [0.5, 0.6) is 11.5 Å². The molecule has 1 aromatic heterocycles. The molecule has 2 aromatic rings. The van der Waals surface area contributed by atoms with Crippen molar-refractivity contribution in [3.8, 4) is 11.5 Å². The van der Waals surface area contributed by atoms with Gasteiger partial charge in [0.1, 0.15) is 6.26 Å². The number of nitrogens with zero attached hydrogens (tertiary/aromatic N) is 2. The number of benzene rings is 1. The molecule has 0 saturated carbocycles. The van der Waals surface area contributed by atoms with E-state index in [2.05, 4.69) is 5.16 Å². The van der Waals surface area contributed by atoms with E-state index >= 15 is 0 Å². The van der Waals surface area contributed by atoms with E-state index in [1.54, 1.807) is 19.1 Å². The van der Waals surface area contributed by atoms with Crippen LogP contribution in [0.1, 0.15) is 21.5 Å². The van der Waals surface area contributed by atoms with E-state index in [0.29, 0.717) is 24.4 Å². The van der Waals surface area contributed by atoms with Crippen LogP contribution >= 0.6 is 0 Å². The maximum Gasteiger partial charge on any atom is 0.259 e. The zero-order valence-corrected chi connectivity index (χ0v) is 12.0. The first-order valence-corrected chi connectivity index (χ1v) is 6.65. The molecule has 1 aliphatic heterocycles. The summed E-state index contributed by atoms with van der Waals surface area (Å²) in [6, 6.07) is 3.91. The number of hydrogen-bond acceptors (Lipinski definition) is 5. The van der Waals surface area contributed by atoms with Crippen molar-refractivity contribution in [1.82, 2.24) is 10.1 Å². The van der Waals surface area contributed by atoms with E-state index in [4.69, 9.17) is 14.0 Å². The van der Waals surface area contributed by atoms with Gasteiger partial charge < -0.3 is 18.9 Å². The number of aromatic nitrogens is 1. The Morgan fingerprint density at radius 3 is 2.57 bits per heavy atom. The molecule has 3 rings (SSSR count). The van der Waals surface area contributed by atoms with E-state index in [1.165, 1.54) is 18.0 Å². The molecule has 1 amide bonds. The molecule has 2 heterocycles. The van der Waals surface area contributed by atoms with E-state index in [9.17, 15) is 4.79 Å². The summed E-state index contributed by atoms with van der Waals surface area (Å²) < 4.78 is 15.4. The lowest BCUT2D eigenvalue weighted by Gasteiger charge is -2.29. The van der Waals surface area contributed by atoms with Crippen LogP contribution in [0.25, 0.3) is 0 Å². The van der Waals surface area contributed by atoms with Crippen molar-refractivity contribution < 1.29 is 18.8 Å². The zero-order chi connectivity index (χ0) is 14.8. The lowest BCUT2D eigenvalue weighted by atomic mass is 9.98. The second-order valence-corrected chi connectivity index (χ2v) is 4.87. The number of carbonyl (C=O) groups excluding carboxylic acids is 1. The average Bonchev–Trinajstić information content (AvgIpc) is 3.06. The van der Waals surface area contributed by atoms with Crippen molar-refractivity contribution in [2.45, 2.75) is 13.0 Å². The van der Waals surface area contributed by atoms with Gasteiger partial charge in [-0.1, -0.05) is 5.16 Å². The Hall–Kier alpha value is -2.50. The summed E-state index contributed by atoms with van der Waals surface area (Å²) in [5.41, 5.74) is 2.73. The van der Waals surface area contributed by atoms with Gasteiger partial charge in [0.15, 0.2) is 11.5 Å². The topological polar surface area (TPSA) is 64.8 Å². The van der Waals surface area contributed by atoms with Crippen molar-refractivity contribution in [3.05, 3.63) is 41.3 Å². The zero-order valence-electron chi connectivity index (χ0n) is 12.0. The second-order valence-electron chi connectivity index (χ2n) is 4.87. The van der Waals surface area contributed by atoms with Crippen LogP contribution in [0.15, 0.2) is 29.1 Å². The fourth-order valence-corrected chi connectivity index (χ4v) is 2.55. The summed E-state index contributed by atoms with van der Waals surface area (Å²) >= 11 is 0. The monoisotopic (exact) mass is 288 g/mol. The van der Waals surface area contributed by atoms with Gasteiger partial charge in [0.05, 0.1) is 26.0 Å². The first-order valence-electron chi connectivity index (χ1n) is 6.65. The molecule has 0 unspecified atom stereocenters. The Balaban J connectivity index is 1.86. The minimum Gasteiger partial charge on any atom is -0.493 e. The number of fused-ring (bicyclic) bond motifs is 1. The lowest BCUT2D eigenvalue weighted by Crippen LogP contribution is -2.35. The van der Waals surface area contributed by atoms with Crippen LogP contribution < -0.4 is 9.47 Å². The predicted molar refractivity (Wildman–Crippen MR) is 74.5 cm³/mol. The van der Waals surface area contributed by atoms with Crippen molar-refractivity contribution in [2.75, 3.05) is 20.8 Å². The minimum absolute atomic E-state index is 0.0725. The van der Waals surface area contributed by atoms with Gasteiger partial charge in [-0.3, -0.25) is 4.79 Å². The fraction of sp³-hybridized carbons (Fsp3) is 0.333. The molecule has 0 atom stereocenters. The SMILES string of the molecule is COc1cc2c(cc1OC)CN(C(=O)c1cnoc1)CC2. The van der Waals surface area contributed by atoms with Gasteiger partial charge in [-0.25, -0.2) is 0 Å². The fourth-order valence-electron chi connectivity index (χ4n) is 2.55. The van der Waals surface area contributed by atoms with Crippen molar-refractivity contribution in [3.63, 3.8) is 0 Å². The summed E-state index contributed by atoms with van der Waals surface area (Å²) in [5.74, 6) is 1.32. The Morgan fingerprint density at radius 2 is 1.95 bits per heavy atom. The highest BCUT2D eigenvalue weighted by molar-refractivity contribution is 5.93. The van der Waals surface area contributed by atoms with Crippen LogP contribution in [0.2, 0.25) is 0 Å². The van der Waals surface area contributed by atoms with Gasteiger partial charge in [-0.05, 0) is 29.7 Å². The van der Waals surface area contributed by atoms with Crippen LogP contribution in [-0.2, 0) is 13.0 Å². The second kappa shape index (κ2) is 5.47. The highest BCUT2D eigenvalue weighted by Crippen LogP contribution is 2.33. The Labute approximate surface area is 122 Å². The molecular weight excluding hydrogens is 272 g/mol. The quantitative estimate of drug-likeness (QED) is 0.863. The van der Waals surface area contributed by atoms with Gasteiger partial charge in [0.2, 0.25) is 0 Å². The number of hydrogen-bond donors (Lipinski definition) is 0. The number of amides is 1. The van der Waals surface area contributed by atoms with Gasteiger partial charge in [-0.2, -0.15) is 0 Å². The van der Waals surface area contributed by atoms with Crippen molar-refractivity contribution in [2.24, 2.45) is 0 Å². The van der Waals surface area contributed by atoms with Gasteiger partial charge in [0, 0.05) is 13.1 Å². The molecule has 0 bridgehead atoms. The van der Waals surface area contributed by atoms with Gasteiger partial charge in [0.25, 0.3) is 5.91 Å². The molecule has 1 aromatic carbocycles. The maximum absolute atomic E-state index is 12.3. The van der Waals surface area contributed by atoms with E-state index in [1.807, 2.05) is 12.1 Å².